The van der Waals surface area contributed by atoms with Crippen LogP contribution in [0.5, 0.6) is 0 Å². The third-order valence-corrected chi connectivity index (χ3v) is 2.83. The Hall–Kier alpha value is -0.980. The summed E-state index contributed by atoms with van der Waals surface area (Å²) in [4.78, 5) is 6.66. The molecule has 0 bridgehead atoms. The number of nitrogens with zero attached hydrogens (tertiary/aromatic N) is 3. The predicted octanol–water partition coefficient (Wildman–Crippen LogP) is 0.572. The molecule has 2 heterocycles. The van der Waals surface area contributed by atoms with Gasteiger partial charge in [0, 0.05) is 32.8 Å². The highest BCUT2D eigenvalue weighted by Crippen LogP contribution is 2.13. The molecule has 17 heavy (non-hydrogen) atoms. The lowest BCUT2D eigenvalue weighted by atomic mass is 10.3. The van der Waals surface area contributed by atoms with Gasteiger partial charge in [-0.15, -0.1) is 0 Å². The van der Waals surface area contributed by atoms with Gasteiger partial charge in [0.15, 0.2) is 5.82 Å². The number of nitrogens with one attached hydrogen (secondary N) is 1. The van der Waals surface area contributed by atoms with Gasteiger partial charge in [0.2, 0.25) is 5.89 Å². The van der Waals surface area contributed by atoms with Crippen molar-refractivity contribution in [2.45, 2.75) is 26.5 Å². The van der Waals surface area contributed by atoms with Crippen LogP contribution in [-0.2, 0) is 11.3 Å². The number of rotatable bonds is 5. The van der Waals surface area contributed by atoms with Crippen molar-refractivity contribution in [2.24, 2.45) is 0 Å². The van der Waals surface area contributed by atoms with E-state index >= 15 is 0 Å². The first-order valence-electron chi connectivity index (χ1n) is 6.16. The molecule has 1 fully saturated rings. The Morgan fingerprint density at radius 3 is 2.94 bits per heavy atom. The highest BCUT2D eigenvalue weighted by molar-refractivity contribution is 4.90. The van der Waals surface area contributed by atoms with Gasteiger partial charge in [-0.25, -0.2) is 0 Å². The Morgan fingerprint density at radius 1 is 1.47 bits per heavy atom. The van der Waals surface area contributed by atoms with Crippen LogP contribution in [0.4, 0.5) is 0 Å². The van der Waals surface area contributed by atoms with Gasteiger partial charge in [0.1, 0.15) is 6.10 Å². The molecular weight excluding hydrogens is 220 g/mol. The normalized spacial score (nSPS) is 19.4. The fourth-order valence-electron chi connectivity index (χ4n) is 1.88. The molecule has 1 atom stereocenters. The van der Waals surface area contributed by atoms with E-state index in [1.165, 1.54) is 0 Å². The van der Waals surface area contributed by atoms with Crippen LogP contribution in [-0.4, -0.2) is 47.8 Å². The largest absolute Gasteiger partial charge is 0.371 e. The van der Waals surface area contributed by atoms with E-state index in [0.717, 1.165) is 32.7 Å². The van der Waals surface area contributed by atoms with Crippen LogP contribution in [0.25, 0.3) is 0 Å². The summed E-state index contributed by atoms with van der Waals surface area (Å²) in [6.45, 7) is 9.38. The highest BCUT2D eigenvalue weighted by Gasteiger charge is 2.17. The Labute approximate surface area is 101 Å². The van der Waals surface area contributed by atoms with Crippen LogP contribution < -0.4 is 5.32 Å². The van der Waals surface area contributed by atoms with E-state index in [2.05, 4.69) is 20.4 Å². The van der Waals surface area contributed by atoms with E-state index in [9.17, 15) is 0 Å². The van der Waals surface area contributed by atoms with Crippen LogP contribution in [0.15, 0.2) is 4.52 Å². The third-order valence-electron chi connectivity index (χ3n) is 2.83. The molecule has 0 unspecified atom stereocenters. The van der Waals surface area contributed by atoms with Crippen molar-refractivity contribution in [2.75, 3.05) is 32.8 Å². The minimum atomic E-state index is -0.0967. The summed E-state index contributed by atoms with van der Waals surface area (Å²) in [5.74, 6) is 1.31. The second kappa shape index (κ2) is 6.09. The van der Waals surface area contributed by atoms with Gasteiger partial charge in [0.25, 0.3) is 0 Å². The number of piperazine rings is 1. The van der Waals surface area contributed by atoms with Crippen molar-refractivity contribution in [3.8, 4) is 0 Å². The lowest BCUT2D eigenvalue weighted by Crippen LogP contribution is -2.42. The molecule has 1 aliphatic rings. The Bertz CT molecular complexity index is 336. The maximum atomic E-state index is 5.42. The molecule has 0 aliphatic carbocycles. The average molecular weight is 240 g/mol. The number of ether oxygens (including phenoxy) is 1. The van der Waals surface area contributed by atoms with E-state index in [0.29, 0.717) is 18.3 Å². The summed E-state index contributed by atoms with van der Waals surface area (Å²) in [7, 11) is 0. The fraction of sp³-hybridized carbons (Fsp3) is 0.818. The first-order chi connectivity index (χ1) is 8.29. The lowest BCUT2D eigenvalue weighted by Gasteiger charge is -2.25. The van der Waals surface area contributed by atoms with Gasteiger partial charge < -0.3 is 14.6 Å². The van der Waals surface area contributed by atoms with Crippen LogP contribution in [0.3, 0.4) is 0 Å². The Kier molecular flexibility index (Phi) is 4.47. The summed E-state index contributed by atoms with van der Waals surface area (Å²) >= 11 is 0. The zero-order chi connectivity index (χ0) is 12.1. The monoisotopic (exact) mass is 240 g/mol. The second-order valence-corrected chi connectivity index (χ2v) is 4.17. The highest BCUT2D eigenvalue weighted by atomic mass is 16.5. The molecule has 1 N–H and O–H groups in total. The van der Waals surface area contributed by atoms with Crippen molar-refractivity contribution in [3.05, 3.63) is 11.7 Å². The molecule has 6 heteroatoms. The van der Waals surface area contributed by atoms with Crippen LogP contribution >= 0.6 is 0 Å². The smallest absolute Gasteiger partial charge is 0.240 e. The third kappa shape index (κ3) is 3.49. The van der Waals surface area contributed by atoms with E-state index in [-0.39, 0.29) is 6.10 Å². The molecule has 0 radical (unpaired) electrons. The van der Waals surface area contributed by atoms with Gasteiger partial charge in [-0.1, -0.05) is 5.16 Å². The molecule has 1 aromatic heterocycles. The number of hydrogen-bond donors (Lipinski definition) is 1. The summed E-state index contributed by atoms with van der Waals surface area (Å²) in [5, 5.41) is 7.26. The first-order valence-corrected chi connectivity index (χ1v) is 6.16. The van der Waals surface area contributed by atoms with Crippen molar-refractivity contribution in [1.82, 2.24) is 20.4 Å². The number of aromatic nitrogens is 2. The summed E-state index contributed by atoms with van der Waals surface area (Å²) in [6, 6.07) is 0. The van der Waals surface area contributed by atoms with E-state index in [4.69, 9.17) is 9.26 Å². The average Bonchev–Trinajstić information content (AvgIpc) is 2.79. The first kappa shape index (κ1) is 12.5. The molecule has 1 saturated heterocycles. The van der Waals surface area contributed by atoms with Crippen LogP contribution in [0.2, 0.25) is 0 Å². The molecule has 0 amide bonds. The molecule has 0 aromatic carbocycles. The van der Waals surface area contributed by atoms with E-state index in [1.807, 2.05) is 13.8 Å². The van der Waals surface area contributed by atoms with Crippen molar-refractivity contribution in [1.29, 1.82) is 0 Å². The lowest BCUT2D eigenvalue weighted by molar-refractivity contribution is 0.0683. The van der Waals surface area contributed by atoms with Gasteiger partial charge >= 0.3 is 0 Å². The second-order valence-electron chi connectivity index (χ2n) is 4.17. The van der Waals surface area contributed by atoms with Crippen molar-refractivity contribution >= 4 is 0 Å². The summed E-state index contributed by atoms with van der Waals surface area (Å²) < 4.78 is 10.7. The topological polar surface area (TPSA) is 63.4 Å². The number of hydrogen-bond acceptors (Lipinski definition) is 6. The van der Waals surface area contributed by atoms with Crippen molar-refractivity contribution in [3.63, 3.8) is 0 Å². The molecular formula is C11H20N4O2. The summed E-state index contributed by atoms with van der Waals surface area (Å²) in [5.41, 5.74) is 0. The molecule has 96 valence electrons. The molecule has 0 saturated carbocycles. The fourth-order valence-corrected chi connectivity index (χ4v) is 1.88. The maximum Gasteiger partial charge on any atom is 0.240 e. The molecule has 2 rings (SSSR count). The SMILES string of the molecule is CCO[C@@H](C)c1noc(CN2CCNCC2)n1. The van der Waals surface area contributed by atoms with E-state index in [1.54, 1.807) is 0 Å². The van der Waals surface area contributed by atoms with Crippen molar-refractivity contribution < 1.29 is 9.26 Å². The Balaban J connectivity index is 1.88. The quantitative estimate of drug-likeness (QED) is 0.812. The minimum absolute atomic E-state index is 0.0967. The minimum Gasteiger partial charge on any atom is -0.371 e. The molecule has 1 aromatic rings. The summed E-state index contributed by atoms with van der Waals surface area (Å²) in [6.07, 6.45) is -0.0967. The predicted molar refractivity (Wildman–Crippen MR) is 62.5 cm³/mol. The molecule has 6 nitrogen and oxygen atoms in total. The van der Waals surface area contributed by atoms with Crippen LogP contribution in [0.1, 0.15) is 31.7 Å². The van der Waals surface area contributed by atoms with Gasteiger partial charge in [-0.3, -0.25) is 4.90 Å². The molecule has 0 spiro atoms. The standard InChI is InChI=1S/C11H20N4O2/c1-3-16-9(2)11-13-10(17-14-11)8-15-6-4-12-5-7-15/h9,12H,3-8H2,1-2H3/t9-/m0/s1. The van der Waals surface area contributed by atoms with Gasteiger partial charge in [-0.2, -0.15) is 4.98 Å². The maximum absolute atomic E-state index is 5.42. The molecule has 1 aliphatic heterocycles. The van der Waals surface area contributed by atoms with Crippen LogP contribution in [0, 0.1) is 0 Å². The van der Waals surface area contributed by atoms with Gasteiger partial charge in [-0.05, 0) is 13.8 Å². The van der Waals surface area contributed by atoms with E-state index < -0.39 is 0 Å². The zero-order valence-corrected chi connectivity index (χ0v) is 10.5. The van der Waals surface area contributed by atoms with Gasteiger partial charge in [0.05, 0.1) is 6.54 Å². The zero-order valence-electron chi connectivity index (χ0n) is 10.5. The Morgan fingerprint density at radius 2 is 2.24 bits per heavy atom.